The van der Waals surface area contributed by atoms with Crippen molar-refractivity contribution in [3.63, 3.8) is 0 Å². The molecule has 5 unspecified atom stereocenters. The molecule has 0 radical (unpaired) electrons. The third kappa shape index (κ3) is 3.88. The molecule has 0 aromatic rings. The number of esters is 1. The summed E-state index contributed by atoms with van der Waals surface area (Å²) in [4.78, 5) is 12.1. The Morgan fingerprint density at radius 2 is 1.57 bits per heavy atom. The third-order valence-electron chi connectivity index (χ3n) is 16.3. The smallest absolute Gasteiger partial charge is 0.303 e. The SMILES string of the molecule is CC(=O)OC(C)(C)[C@H]1OC23O[C@H]1CC(C)C2[C@@]1(C)CCC24CC25CC[C@H](O[C@@H]2OC[C@H](O)[C@H](O)[C@H]2O)C(C)(C)[C@@H]5CC[C@H]4[C@]1(C)[C@H]3O. The lowest BCUT2D eigenvalue weighted by Gasteiger charge is -2.63. The van der Waals surface area contributed by atoms with Crippen LogP contribution in [-0.4, -0.2) is 93.4 Å². The van der Waals surface area contributed by atoms with Crippen molar-refractivity contribution in [2.45, 2.75) is 167 Å². The molecule has 3 heterocycles. The number of aliphatic hydroxyl groups excluding tert-OH is 4. The number of rotatable bonds is 4. The first-order chi connectivity index (χ1) is 21.8. The van der Waals surface area contributed by atoms with Crippen molar-refractivity contribution in [2.75, 3.05) is 6.61 Å². The van der Waals surface area contributed by atoms with Gasteiger partial charge in [0.15, 0.2) is 12.1 Å². The van der Waals surface area contributed by atoms with Gasteiger partial charge in [0.2, 0.25) is 0 Å². The van der Waals surface area contributed by atoms with Crippen molar-refractivity contribution in [3.8, 4) is 0 Å². The van der Waals surface area contributed by atoms with E-state index >= 15 is 0 Å². The van der Waals surface area contributed by atoms with Gasteiger partial charge in [-0.3, -0.25) is 4.79 Å². The molecule has 3 saturated heterocycles. The molecule has 0 aromatic carbocycles. The van der Waals surface area contributed by atoms with E-state index in [-0.39, 0.29) is 58.3 Å². The standard InChI is InChI=1S/C37H58O10/c1-18-15-21-28(32(5,6)45-19(2)38)47-37(46-21)27(18)33(7)13-14-36-17-35(36)12-11-24(44-29-26(41)25(40)20(39)16-43-29)31(3,4)22(35)9-10-23(36)34(33,8)30(37)42/h18,20-30,39-42H,9-17H2,1-8H3/t18?,20-,21-,22-,23-,24-,25-,26+,27?,28-,29-,30+,33+,34+,35?,36?,37?/m0/s1. The van der Waals surface area contributed by atoms with Gasteiger partial charge in [0.05, 0.1) is 18.8 Å². The summed E-state index contributed by atoms with van der Waals surface area (Å²) in [5.74, 6) is -0.402. The number of fused-ring (bicyclic) bond motifs is 4. The molecule has 10 nitrogen and oxygen atoms in total. The van der Waals surface area contributed by atoms with Gasteiger partial charge in [-0.05, 0) is 105 Å². The maximum Gasteiger partial charge on any atom is 0.303 e. The van der Waals surface area contributed by atoms with Gasteiger partial charge >= 0.3 is 5.97 Å². The minimum absolute atomic E-state index is 0.0329. The Morgan fingerprint density at radius 1 is 0.894 bits per heavy atom. The fraction of sp³-hybridized carbons (Fsp3) is 0.973. The van der Waals surface area contributed by atoms with Crippen LogP contribution in [0.4, 0.5) is 0 Å². The van der Waals surface area contributed by atoms with Gasteiger partial charge in [-0.2, -0.15) is 0 Å². The van der Waals surface area contributed by atoms with Crippen LogP contribution in [0, 0.1) is 50.7 Å². The number of hydrogen-bond acceptors (Lipinski definition) is 10. The van der Waals surface area contributed by atoms with Gasteiger partial charge in [0.25, 0.3) is 0 Å². The van der Waals surface area contributed by atoms with Crippen LogP contribution in [-0.2, 0) is 28.5 Å². The summed E-state index contributed by atoms with van der Waals surface area (Å²) in [5, 5.41) is 43.7. The zero-order valence-corrected chi connectivity index (χ0v) is 29.5. The number of carbonyl (C=O) groups is 1. The average Bonchev–Trinajstić information content (AvgIpc) is 3.49. The molecule has 8 aliphatic rings. The first kappa shape index (κ1) is 33.3. The first-order valence-corrected chi connectivity index (χ1v) is 18.4. The van der Waals surface area contributed by atoms with Crippen molar-refractivity contribution >= 4 is 5.97 Å². The number of hydrogen-bond donors (Lipinski definition) is 4. The molecular weight excluding hydrogens is 604 g/mol. The van der Waals surface area contributed by atoms with E-state index in [0.29, 0.717) is 11.8 Å². The lowest BCUT2D eigenvalue weighted by atomic mass is 9.41. The lowest BCUT2D eigenvalue weighted by Crippen LogP contribution is -2.61. The van der Waals surface area contributed by atoms with Crippen LogP contribution >= 0.6 is 0 Å². The van der Waals surface area contributed by atoms with E-state index in [9.17, 15) is 25.2 Å². The Hall–Kier alpha value is -0.850. The molecule has 8 rings (SSSR count). The van der Waals surface area contributed by atoms with Crippen molar-refractivity contribution in [1.29, 1.82) is 0 Å². The van der Waals surface area contributed by atoms with Crippen molar-refractivity contribution in [2.24, 2.45) is 50.7 Å². The van der Waals surface area contributed by atoms with Crippen LogP contribution in [0.5, 0.6) is 0 Å². The summed E-state index contributed by atoms with van der Waals surface area (Å²) in [6, 6.07) is 0. The summed E-state index contributed by atoms with van der Waals surface area (Å²) < 4.78 is 31.9. The van der Waals surface area contributed by atoms with E-state index in [1.54, 1.807) is 0 Å². The second-order valence-corrected chi connectivity index (χ2v) is 18.8. The van der Waals surface area contributed by atoms with E-state index in [2.05, 4.69) is 34.6 Å². The second-order valence-electron chi connectivity index (χ2n) is 18.8. The van der Waals surface area contributed by atoms with Crippen molar-refractivity contribution in [3.05, 3.63) is 0 Å². The molecular formula is C37H58O10. The molecule has 8 fully saturated rings. The van der Waals surface area contributed by atoms with Gasteiger partial charge in [0.1, 0.15) is 36.1 Å². The molecule has 0 aromatic heterocycles. The second kappa shape index (κ2) is 9.93. The van der Waals surface area contributed by atoms with Gasteiger partial charge in [0, 0.05) is 18.3 Å². The van der Waals surface area contributed by atoms with Crippen LogP contribution < -0.4 is 0 Å². The Morgan fingerprint density at radius 3 is 2.28 bits per heavy atom. The summed E-state index contributed by atoms with van der Waals surface area (Å²) in [6.45, 7) is 16.8. The molecule has 3 spiro atoms. The van der Waals surface area contributed by atoms with E-state index < -0.39 is 53.6 Å². The zero-order valence-electron chi connectivity index (χ0n) is 29.5. The van der Waals surface area contributed by atoms with Crippen LogP contribution in [0.3, 0.4) is 0 Å². The third-order valence-corrected chi connectivity index (χ3v) is 16.3. The minimum atomic E-state index is -1.29. The highest BCUT2D eigenvalue weighted by atomic mass is 16.8. The largest absolute Gasteiger partial charge is 0.457 e. The molecule has 3 aliphatic heterocycles. The topological polar surface area (TPSA) is 144 Å². The van der Waals surface area contributed by atoms with Crippen LogP contribution in [0.25, 0.3) is 0 Å². The molecule has 5 saturated carbocycles. The number of aliphatic hydroxyl groups is 4. The molecule has 0 amide bonds. The Labute approximate surface area is 279 Å². The highest BCUT2D eigenvalue weighted by Crippen LogP contribution is 2.90. The summed E-state index contributed by atoms with van der Waals surface area (Å²) in [5.41, 5.74) is -1.36. The maximum absolute atomic E-state index is 12.8. The maximum atomic E-state index is 12.8. The van der Waals surface area contributed by atoms with Crippen LogP contribution in [0.2, 0.25) is 0 Å². The first-order valence-electron chi connectivity index (χ1n) is 18.4. The van der Waals surface area contributed by atoms with E-state index in [1.165, 1.54) is 6.92 Å². The quantitative estimate of drug-likeness (QED) is 0.260. The number of ether oxygens (including phenoxy) is 5. The summed E-state index contributed by atoms with van der Waals surface area (Å²) >= 11 is 0. The van der Waals surface area contributed by atoms with Gasteiger partial charge in [-0.25, -0.2) is 0 Å². The Balaban J connectivity index is 1.09. The summed E-state index contributed by atoms with van der Waals surface area (Å²) in [7, 11) is 0. The minimum Gasteiger partial charge on any atom is -0.457 e. The average molecular weight is 663 g/mol. The molecule has 47 heavy (non-hydrogen) atoms. The van der Waals surface area contributed by atoms with Gasteiger partial charge in [-0.1, -0.05) is 34.6 Å². The van der Waals surface area contributed by atoms with E-state index in [4.69, 9.17) is 23.7 Å². The molecule has 2 bridgehead atoms. The molecule has 10 heteroatoms. The predicted octanol–water partition coefficient (Wildman–Crippen LogP) is 3.69. The summed E-state index contributed by atoms with van der Waals surface area (Å²) in [6.07, 6.45) is 1.72. The number of carbonyl (C=O) groups excluding carboxylic acids is 1. The highest BCUT2D eigenvalue weighted by Gasteiger charge is 2.88. The van der Waals surface area contributed by atoms with Gasteiger partial charge < -0.3 is 44.1 Å². The fourth-order valence-corrected chi connectivity index (χ4v) is 14.4. The van der Waals surface area contributed by atoms with Crippen LogP contribution in [0.1, 0.15) is 107 Å². The lowest BCUT2D eigenvalue weighted by molar-refractivity contribution is -0.303. The molecule has 17 atom stereocenters. The fourth-order valence-electron chi connectivity index (χ4n) is 14.4. The van der Waals surface area contributed by atoms with E-state index in [1.807, 2.05) is 13.8 Å². The molecule has 5 aliphatic carbocycles. The van der Waals surface area contributed by atoms with E-state index in [0.717, 1.165) is 51.4 Å². The van der Waals surface area contributed by atoms with Crippen molar-refractivity contribution in [1.82, 2.24) is 0 Å². The molecule has 4 N–H and O–H groups in total. The Kier molecular flexibility index (Phi) is 7.03. The predicted molar refractivity (Wildman–Crippen MR) is 168 cm³/mol. The molecule has 266 valence electrons. The highest BCUT2D eigenvalue weighted by molar-refractivity contribution is 5.66. The van der Waals surface area contributed by atoms with Gasteiger partial charge in [-0.15, -0.1) is 0 Å². The normalized spacial score (nSPS) is 58.8. The zero-order chi connectivity index (χ0) is 33.9. The monoisotopic (exact) mass is 662 g/mol. The van der Waals surface area contributed by atoms with Crippen LogP contribution in [0.15, 0.2) is 0 Å². The Bertz CT molecular complexity index is 1320. The van der Waals surface area contributed by atoms with Crippen molar-refractivity contribution < 1.29 is 48.9 Å².